The molecule has 0 spiro atoms. The number of ether oxygens (including phenoxy) is 1. The molecule has 0 bridgehead atoms. The average molecular weight is 317 g/mol. The molecule has 0 aliphatic carbocycles. The Morgan fingerprint density at radius 2 is 2.06 bits per heavy atom. The van der Waals surface area contributed by atoms with Crippen LogP contribution in [0, 0.1) is 0 Å². The fourth-order valence-electron chi connectivity index (χ4n) is 1.67. The smallest absolute Gasteiger partial charge is 0.206 e. The van der Waals surface area contributed by atoms with Crippen molar-refractivity contribution >= 4 is 31.8 Å². The summed E-state index contributed by atoms with van der Waals surface area (Å²) in [5, 5.41) is 0. The largest absolute Gasteiger partial charge is 0.373 e. The van der Waals surface area contributed by atoms with E-state index in [1.54, 1.807) is 18.2 Å². The summed E-state index contributed by atoms with van der Waals surface area (Å²) in [6.07, 6.45) is 1.69. The van der Waals surface area contributed by atoms with E-state index in [-0.39, 0.29) is 12.7 Å². The van der Waals surface area contributed by atoms with E-state index in [0.29, 0.717) is 14.3 Å². The van der Waals surface area contributed by atoms with Crippen molar-refractivity contribution in [1.29, 1.82) is 0 Å². The fraction of sp³-hybridized carbons (Fsp3) is 0.333. The molecule has 92 valence electrons. The molecule has 0 radical (unpaired) electrons. The molecule has 0 fully saturated rings. The van der Waals surface area contributed by atoms with Crippen LogP contribution in [0.4, 0.5) is 0 Å². The first-order valence-electron chi connectivity index (χ1n) is 5.28. The summed E-state index contributed by atoms with van der Waals surface area (Å²) in [7, 11) is -3.38. The SMILES string of the molecule is CC(C)OCC1=Cc2cccc(Br)c2S1(=O)=O. The number of sulfone groups is 1. The van der Waals surface area contributed by atoms with Gasteiger partial charge in [0.05, 0.1) is 22.5 Å². The molecule has 0 N–H and O–H groups in total. The Bertz CT molecular complexity index is 573. The van der Waals surface area contributed by atoms with Crippen LogP contribution in [-0.2, 0) is 14.6 Å². The molecule has 17 heavy (non-hydrogen) atoms. The van der Waals surface area contributed by atoms with Crippen molar-refractivity contribution in [3.8, 4) is 0 Å². The van der Waals surface area contributed by atoms with Crippen molar-refractivity contribution in [3.63, 3.8) is 0 Å². The van der Waals surface area contributed by atoms with Gasteiger partial charge in [0.25, 0.3) is 0 Å². The lowest BCUT2D eigenvalue weighted by atomic mass is 10.2. The van der Waals surface area contributed by atoms with E-state index in [4.69, 9.17) is 4.74 Å². The van der Waals surface area contributed by atoms with Gasteiger partial charge < -0.3 is 4.74 Å². The van der Waals surface area contributed by atoms with Gasteiger partial charge in [-0.1, -0.05) is 12.1 Å². The predicted octanol–water partition coefficient (Wildman–Crippen LogP) is 3.00. The fourth-order valence-corrected chi connectivity index (χ4v) is 4.22. The molecule has 1 heterocycles. The minimum Gasteiger partial charge on any atom is -0.373 e. The van der Waals surface area contributed by atoms with Gasteiger partial charge in [-0.2, -0.15) is 0 Å². The van der Waals surface area contributed by atoms with Crippen LogP contribution in [0.1, 0.15) is 19.4 Å². The molecule has 0 aromatic heterocycles. The molecule has 0 saturated carbocycles. The molecule has 1 aliphatic rings. The molecule has 5 heteroatoms. The lowest BCUT2D eigenvalue weighted by molar-refractivity contribution is 0.101. The normalized spacial score (nSPS) is 17.1. The number of hydrogen-bond acceptors (Lipinski definition) is 3. The molecule has 1 aliphatic heterocycles. The summed E-state index contributed by atoms with van der Waals surface area (Å²) >= 11 is 3.28. The summed E-state index contributed by atoms with van der Waals surface area (Å²) in [5.74, 6) is 0. The number of rotatable bonds is 3. The minimum absolute atomic E-state index is 0.0123. The van der Waals surface area contributed by atoms with Gasteiger partial charge in [0.1, 0.15) is 0 Å². The zero-order valence-corrected chi connectivity index (χ0v) is 12.0. The molecule has 0 saturated heterocycles. The topological polar surface area (TPSA) is 43.4 Å². The Morgan fingerprint density at radius 3 is 2.65 bits per heavy atom. The summed E-state index contributed by atoms with van der Waals surface area (Å²) in [4.78, 5) is 0.676. The summed E-state index contributed by atoms with van der Waals surface area (Å²) in [6.45, 7) is 3.89. The van der Waals surface area contributed by atoms with Crippen LogP contribution < -0.4 is 0 Å². The Labute approximate surface area is 110 Å². The Morgan fingerprint density at radius 1 is 1.35 bits per heavy atom. The predicted molar refractivity (Wildman–Crippen MR) is 70.4 cm³/mol. The standard InChI is InChI=1S/C12H13BrO3S/c1-8(2)16-7-10-6-9-4-3-5-11(13)12(9)17(10,14)15/h3-6,8H,7H2,1-2H3. The van der Waals surface area contributed by atoms with Gasteiger partial charge in [-0.25, -0.2) is 8.42 Å². The molecule has 0 atom stereocenters. The maximum absolute atomic E-state index is 12.2. The Balaban J connectivity index is 2.40. The van der Waals surface area contributed by atoms with Gasteiger partial charge in [0.2, 0.25) is 9.84 Å². The van der Waals surface area contributed by atoms with Crippen molar-refractivity contribution in [2.45, 2.75) is 24.8 Å². The zero-order valence-electron chi connectivity index (χ0n) is 9.60. The average Bonchev–Trinajstić information content (AvgIpc) is 2.48. The van der Waals surface area contributed by atoms with Gasteiger partial charge in [0, 0.05) is 4.47 Å². The van der Waals surface area contributed by atoms with Crippen LogP contribution in [0.25, 0.3) is 6.08 Å². The maximum Gasteiger partial charge on any atom is 0.206 e. The van der Waals surface area contributed by atoms with Crippen molar-refractivity contribution in [2.24, 2.45) is 0 Å². The van der Waals surface area contributed by atoms with E-state index >= 15 is 0 Å². The first kappa shape index (κ1) is 12.8. The molecule has 3 nitrogen and oxygen atoms in total. The van der Waals surface area contributed by atoms with Crippen molar-refractivity contribution in [2.75, 3.05) is 6.61 Å². The van der Waals surface area contributed by atoms with Crippen LogP contribution in [0.5, 0.6) is 0 Å². The first-order valence-corrected chi connectivity index (χ1v) is 7.56. The van der Waals surface area contributed by atoms with Crippen LogP contribution in [0.3, 0.4) is 0 Å². The highest BCUT2D eigenvalue weighted by Crippen LogP contribution is 2.37. The van der Waals surface area contributed by atoms with E-state index in [2.05, 4.69) is 15.9 Å². The van der Waals surface area contributed by atoms with E-state index in [1.165, 1.54) is 0 Å². The van der Waals surface area contributed by atoms with E-state index < -0.39 is 9.84 Å². The highest BCUT2D eigenvalue weighted by Gasteiger charge is 2.31. The molecule has 0 amide bonds. The minimum atomic E-state index is -3.38. The zero-order chi connectivity index (χ0) is 12.6. The number of fused-ring (bicyclic) bond motifs is 1. The third kappa shape index (κ3) is 2.32. The number of hydrogen-bond donors (Lipinski definition) is 0. The van der Waals surface area contributed by atoms with Gasteiger partial charge in [-0.3, -0.25) is 0 Å². The van der Waals surface area contributed by atoms with E-state index in [0.717, 1.165) is 5.56 Å². The van der Waals surface area contributed by atoms with Crippen molar-refractivity contribution in [3.05, 3.63) is 33.1 Å². The third-order valence-electron chi connectivity index (χ3n) is 2.49. The molecule has 0 unspecified atom stereocenters. The Kier molecular flexibility index (Phi) is 3.43. The van der Waals surface area contributed by atoms with Gasteiger partial charge in [-0.15, -0.1) is 0 Å². The van der Waals surface area contributed by atoms with Crippen LogP contribution in [-0.4, -0.2) is 21.1 Å². The van der Waals surface area contributed by atoms with Crippen LogP contribution >= 0.6 is 15.9 Å². The summed E-state index contributed by atoms with van der Waals surface area (Å²) in [6, 6.07) is 5.34. The molecular weight excluding hydrogens is 304 g/mol. The second-order valence-electron chi connectivity index (χ2n) is 4.13. The molecule has 1 aromatic rings. The third-order valence-corrected chi connectivity index (χ3v) is 5.33. The van der Waals surface area contributed by atoms with Gasteiger partial charge >= 0.3 is 0 Å². The number of benzene rings is 1. The molecular formula is C12H13BrO3S. The summed E-state index contributed by atoms with van der Waals surface area (Å²) < 4.78 is 30.5. The van der Waals surface area contributed by atoms with Crippen molar-refractivity contribution < 1.29 is 13.2 Å². The van der Waals surface area contributed by atoms with Gasteiger partial charge in [-0.05, 0) is 47.5 Å². The molecule has 1 aromatic carbocycles. The first-order chi connectivity index (χ1) is 7.93. The lowest BCUT2D eigenvalue weighted by Gasteiger charge is -2.08. The monoisotopic (exact) mass is 316 g/mol. The Hall–Kier alpha value is -0.650. The summed E-state index contributed by atoms with van der Waals surface area (Å²) in [5.41, 5.74) is 0.724. The highest BCUT2D eigenvalue weighted by molar-refractivity contribution is 9.10. The van der Waals surface area contributed by atoms with E-state index in [9.17, 15) is 8.42 Å². The number of halogens is 1. The van der Waals surface area contributed by atoms with Crippen LogP contribution in [0.2, 0.25) is 0 Å². The second kappa shape index (κ2) is 4.55. The highest BCUT2D eigenvalue weighted by atomic mass is 79.9. The quantitative estimate of drug-likeness (QED) is 0.861. The molecule has 2 rings (SSSR count). The second-order valence-corrected chi connectivity index (χ2v) is 6.93. The van der Waals surface area contributed by atoms with Crippen LogP contribution in [0.15, 0.2) is 32.5 Å². The van der Waals surface area contributed by atoms with Crippen molar-refractivity contribution in [1.82, 2.24) is 0 Å². The maximum atomic E-state index is 12.2. The lowest BCUT2D eigenvalue weighted by Crippen LogP contribution is -2.11. The van der Waals surface area contributed by atoms with E-state index in [1.807, 2.05) is 19.9 Å². The van der Waals surface area contributed by atoms with Gasteiger partial charge in [0.15, 0.2) is 0 Å².